The molecule has 0 heterocycles. The van der Waals surface area contributed by atoms with Crippen molar-refractivity contribution in [3.8, 4) is 11.5 Å². The van der Waals surface area contributed by atoms with E-state index in [-0.39, 0.29) is 24.9 Å². The number of rotatable bonds is 8. The number of carbonyl (C=O) groups excluding carboxylic acids is 1. The molecule has 0 atom stereocenters. The molecule has 1 saturated carbocycles. The first-order valence-corrected chi connectivity index (χ1v) is 10.9. The third kappa shape index (κ3) is 5.23. The summed E-state index contributed by atoms with van der Waals surface area (Å²) in [6.45, 7) is 0.473. The minimum absolute atomic E-state index is 0.0151. The van der Waals surface area contributed by atoms with Gasteiger partial charge in [-0.15, -0.1) is 0 Å². The van der Waals surface area contributed by atoms with Crippen molar-refractivity contribution in [3.63, 3.8) is 0 Å². The van der Waals surface area contributed by atoms with Gasteiger partial charge in [-0.25, -0.2) is 8.42 Å². The van der Waals surface area contributed by atoms with E-state index in [2.05, 4.69) is 5.32 Å². The second kappa shape index (κ2) is 8.43. The van der Waals surface area contributed by atoms with Crippen LogP contribution in [0.15, 0.2) is 54.6 Å². The average Bonchev–Trinajstić information content (AvgIpc) is 2.58. The molecule has 0 spiro atoms. The first-order valence-electron chi connectivity index (χ1n) is 9.02. The number of sulfonamides is 1. The predicted molar refractivity (Wildman–Crippen MR) is 105 cm³/mol. The number of nitrogens with zero attached hydrogens (tertiary/aromatic N) is 1. The summed E-state index contributed by atoms with van der Waals surface area (Å²) >= 11 is 0. The van der Waals surface area contributed by atoms with Gasteiger partial charge in [-0.2, -0.15) is 0 Å². The Morgan fingerprint density at radius 1 is 1.07 bits per heavy atom. The number of para-hydroxylation sites is 1. The smallest absolute Gasteiger partial charge is 0.232 e. The maximum atomic E-state index is 12.2. The molecule has 0 bridgehead atoms. The number of nitrogens with one attached hydrogen (secondary N) is 1. The van der Waals surface area contributed by atoms with Crippen LogP contribution in [0.1, 0.15) is 19.3 Å². The van der Waals surface area contributed by atoms with Crippen molar-refractivity contribution >= 4 is 21.6 Å². The molecule has 1 aliphatic carbocycles. The number of benzene rings is 2. The number of anilines is 1. The van der Waals surface area contributed by atoms with Crippen LogP contribution in [0.2, 0.25) is 0 Å². The zero-order valence-corrected chi connectivity index (χ0v) is 16.1. The molecule has 0 unspecified atom stereocenters. The van der Waals surface area contributed by atoms with Gasteiger partial charge in [0, 0.05) is 12.5 Å². The summed E-state index contributed by atoms with van der Waals surface area (Å²) in [5, 5.41) is 2.83. The molecule has 0 saturated heterocycles. The standard InChI is InChI=1S/C20H24N2O4S/c1-27(24,25)22(15-14-21-20(23)16-6-5-7-16)17-10-12-19(13-11-17)26-18-8-3-2-4-9-18/h2-4,8-13,16H,5-7,14-15H2,1H3,(H,21,23). The highest BCUT2D eigenvalue weighted by molar-refractivity contribution is 7.92. The van der Waals surface area contributed by atoms with E-state index < -0.39 is 10.0 Å². The van der Waals surface area contributed by atoms with Crippen molar-refractivity contribution in [2.75, 3.05) is 23.7 Å². The fourth-order valence-corrected chi connectivity index (χ4v) is 3.81. The van der Waals surface area contributed by atoms with Crippen LogP contribution >= 0.6 is 0 Å². The Hall–Kier alpha value is -2.54. The highest BCUT2D eigenvalue weighted by Crippen LogP contribution is 2.27. The Morgan fingerprint density at radius 2 is 1.70 bits per heavy atom. The molecule has 144 valence electrons. The fourth-order valence-electron chi connectivity index (χ4n) is 2.89. The summed E-state index contributed by atoms with van der Waals surface area (Å²) in [6, 6.07) is 16.2. The molecule has 0 aliphatic heterocycles. The molecule has 0 radical (unpaired) electrons. The van der Waals surface area contributed by atoms with E-state index in [0.29, 0.717) is 17.2 Å². The van der Waals surface area contributed by atoms with E-state index in [1.807, 2.05) is 30.3 Å². The normalized spacial score (nSPS) is 14.3. The zero-order chi connectivity index (χ0) is 19.3. The Bertz CT molecular complexity index is 863. The van der Waals surface area contributed by atoms with Crippen molar-refractivity contribution < 1.29 is 17.9 Å². The predicted octanol–water partition coefficient (Wildman–Crippen LogP) is 3.16. The summed E-state index contributed by atoms with van der Waals surface area (Å²) in [5.74, 6) is 1.44. The Kier molecular flexibility index (Phi) is 6.01. The first kappa shape index (κ1) is 19.2. The molecule has 2 aromatic carbocycles. The summed E-state index contributed by atoms with van der Waals surface area (Å²) < 4.78 is 31.4. The molecule has 6 nitrogen and oxygen atoms in total. The second-order valence-corrected chi connectivity index (χ2v) is 8.57. The zero-order valence-electron chi connectivity index (χ0n) is 15.3. The maximum absolute atomic E-state index is 12.2. The third-order valence-corrected chi connectivity index (χ3v) is 5.79. The van der Waals surface area contributed by atoms with E-state index in [0.717, 1.165) is 25.5 Å². The minimum Gasteiger partial charge on any atom is -0.457 e. The lowest BCUT2D eigenvalue weighted by Crippen LogP contribution is -2.41. The monoisotopic (exact) mass is 388 g/mol. The number of ether oxygens (including phenoxy) is 1. The van der Waals surface area contributed by atoms with Crippen LogP contribution in [0.25, 0.3) is 0 Å². The van der Waals surface area contributed by atoms with Crippen molar-refractivity contribution in [2.24, 2.45) is 5.92 Å². The number of hydrogen-bond donors (Lipinski definition) is 1. The van der Waals surface area contributed by atoms with Gasteiger partial charge in [-0.05, 0) is 49.2 Å². The lowest BCUT2D eigenvalue weighted by atomic mass is 9.85. The van der Waals surface area contributed by atoms with Gasteiger partial charge in [-0.1, -0.05) is 24.6 Å². The average molecular weight is 388 g/mol. The Labute approximate surface area is 160 Å². The molecule has 1 amide bonds. The maximum Gasteiger partial charge on any atom is 0.232 e. The lowest BCUT2D eigenvalue weighted by molar-refractivity contribution is -0.127. The van der Waals surface area contributed by atoms with Crippen molar-refractivity contribution in [3.05, 3.63) is 54.6 Å². The van der Waals surface area contributed by atoms with Gasteiger partial charge in [0.1, 0.15) is 11.5 Å². The third-order valence-electron chi connectivity index (χ3n) is 4.59. The summed E-state index contributed by atoms with van der Waals surface area (Å²) in [7, 11) is -3.46. The molecule has 1 N–H and O–H groups in total. The number of carbonyl (C=O) groups is 1. The molecule has 1 aliphatic rings. The lowest BCUT2D eigenvalue weighted by Gasteiger charge is -2.26. The summed E-state index contributed by atoms with van der Waals surface area (Å²) in [5.41, 5.74) is 0.538. The van der Waals surface area contributed by atoms with Crippen molar-refractivity contribution in [1.82, 2.24) is 5.32 Å². The molecule has 3 rings (SSSR count). The van der Waals surface area contributed by atoms with Crippen LogP contribution in [0.4, 0.5) is 5.69 Å². The topological polar surface area (TPSA) is 75.7 Å². The van der Waals surface area contributed by atoms with E-state index in [4.69, 9.17) is 4.74 Å². The van der Waals surface area contributed by atoms with Crippen LogP contribution in [-0.4, -0.2) is 33.7 Å². The van der Waals surface area contributed by atoms with Gasteiger partial charge in [0.05, 0.1) is 18.5 Å². The summed E-state index contributed by atoms with van der Waals surface area (Å²) in [4.78, 5) is 11.9. The van der Waals surface area contributed by atoms with Crippen LogP contribution in [0.3, 0.4) is 0 Å². The summed E-state index contributed by atoms with van der Waals surface area (Å²) in [6.07, 6.45) is 4.09. The molecular weight excluding hydrogens is 364 g/mol. The van der Waals surface area contributed by atoms with Crippen LogP contribution in [-0.2, 0) is 14.8 Å². The molecule has 2 aromatic rings. The van der Waals surface area contributed by atoms with Gasteiger partial charge in [-0.3, -0.25) is 9.10 Å². The van der Waals surface area contributed by atoms with Gasteiger partial charge >= 0.3 is 0 Å². The highest BCUT2D eigenvalue weighted by atomic mass is 32.2. The van der Waals surface area contributed by atoms with Crippen molar-refractivity contribution in [1.29, 1.82) is 0 Å². The van der Waals surface area contributed by atoms with Gasteiger partial charge < -0.3 is 10.1 Å². The quantitative estimate of drug-likeness (QED) is 0.754. The van der Waals surface area contributed by atoms with Gasteiger partial charge in [0.25, 0.3) is 0 Å². The SMILES string of the molecule is CS(=O)(=O)N(CCNC(=O)C1CCC1)c1ccc(Oc2ccccc2)cc1. The van der Waals surface area contributed by atoms with Gasteiger partial charge in [0.2, 0.25) is 15.9 Å². The molecular formula is C20H24N2O4S. The second-order valence-electron chi connectivity index (χ2n) is 6.66. The minimum atomic E-state index is -3.46. The van der Waals surface area contributed by atoms with E-state index in [1.165, 1.54) is 4.31 Å². The Balaban J connectivity index is 1.63. The van der Waals surface area contributed by atoms with Crippen LogP contribution in [0, 0.1) is 5.92 Å². The van der Waals surface area contributed by atoms with Gasteiger partial charge in [0.15, 0.2) is 0 Å². The number of amides is 1. The number of hydrogen-bond acceptors (Lipinski definition) is 4. The molecule has 27 heavy (non-hydrogen) atoms. The van der Waals surface area contributed by atoms with E-state index in [9.17, 15) is 13.2 Å². The molecule has 0 aromatic heterocycles. The first-order chi connectivity index (χ1) is 12.9. The van der Waals surface area contributed by atoms with E-state index >= 15 is 0 Å². The highest BCUT2D eigenvalue weighted by Gasteiger charge is 2.25. The van der Waals surface area contributed by atoms with E-state index in [1.54, 1.807) is 24.3 Å². The largest absolute Gasteiger partial charge is 0.457 e. The van der Waals surface area contributed by atoms with Crippen LogP contribution in [0.5, 0.6) is 11.5 Å². The molecule has 7 heteroatoms. The Morgan fingerprint density at radius 3 is 2.26 bits per heavy atom. The fraction of sp³-hybridized carbons (Fsp3) is 0.350. The molecule has 1 fully saturated rings. The van der Waals surface area contributed by atoms with Crippen LogP contribution < -0.4 is 14.4 Å². The van der Waals surface area contributed by atoms with Crippen molar-refractivity contribution in [2.45, 2.75) is 19.3 Å².